The molecular weight excluding hydrogens is 269 g/mol. The third-order valence-corrected chi connectivity index (χ3v) is 4.61. The van der Waals surface area contributed by atoms with Crippen molar-refractivity contribution in [2.45, 2.75) is 18.8 Å². The van der Waals surface area contributed by atoms with Gasteiger partial charge in [0.15, 0.2) is 0 Å². The summed E-state index contributed by atoms with van der Waals surface area (Å²) in [5, 5.41) is 4.72. The van der Waals surface area contributed by atoms with Gasteiger partial charge in [-0.2, -0.15) is 0 Å². The predicted octanol–water partition coefficient (Wildman–Crippen LogP) is 3.51. The van der Waals surface area contributed by atoms with Crippen molar-refractivity contribution in [1.29, 1.82) is 0 Å². The summed E-state index contributed by atoms with van der Waals surface area (Å²) in [6.07, 6.45) is 1.20. The van der Waals surface area contributed by atoms with Gasteiger partial charge >= 0.3 is 0 Å². The number of rotatable bonds is 6. The number of hydrogen-bond donors (Lipinski definition) is 1. The number of halogens is 2. The van der Waals surface area contributed by atoms with Gasteiger partial charge in [-0.05, 0) is 30.0 Å². The molecule has 1 aliphatic rings. The highest BCUT2D eigenvalue weighted by Gasteiger charge is 2.51. The molecule has 1 N–H and O–H groups in total. The van der Waals surface area contributed by atoms with Crippen LogP contribution in [0.5, 0.6) is 0 Å². The average Bonchev–Trinajstić information content (AvgIpc) is 3.00. The summed E-state index contributed by atoms with van der Waals surface area (Å²) in [7, 11) is 1.72. The lowest BCUT2D eigenvalue weighted by molar-refractivity contribution is 0.198. The molecule has 4 heteroatoms. The van der Waals surface area contributed by atoms with Crippen molar-refractivity contribution in [2.75, 3.05) is 26.8 Å². The third kappa shape index (κ3) is 2.83. The minimum atomic E-state index is 0.224. The second-order valence-corrected chi connectivity index (χ2v) is 5.87. The Balaban J connectivity index is 2.05. The highest BCUT2D eigenvalue weighted by atomic mass is 35.5. The fourth-order valence-corrected chi connectivity index (χ4v) is 2.83. The number of nitrogens with one attached hydrogen (secondary N) is 1. The molecule has 0 spiro atoms. The lowest BCUT2D eigenvalue weighted by Gasteiger charge is -2.18. The second kappa shape index (κ2) is 5.79. The molecule has 18 heavy (non-hydrogen) atoms. The zero-order chi connectivity index (χ0) is 13.2. The Labute approximate surface area is 119 Å². The van der Waals surface area contributed by atoms with Crippen molar-refractivity contribution in [3.63, 3.8) is 0 Å². The maximum Gasteiger partial charge on any atom is 0.0595 e. The molecule has 2 unspecified atom stereocenters. The van der Waals surface area contributed by atoms with Crippen LogP contribution in [-0.2, 0) is 10.2 Å². The van der Waals surface area contributed by atoms with Crippen LogP contribution >= 0.6 is 23.2 Å². The molecule has 1 aliphatic carbocycles. The van der Waals surface area contributed by atoms with Crippen LogP contribution in [0, 0.1) is 5.92 Å². The fourth-order valence-electron chi connectivity index (χ4n) is 2.53. The van der Waals surface area contributed by atoms with E-state index in [1.165, 1.54) is 12.0 Å². The van der Waals surface area contributed by atoms with Crippen LogP contribution in [0.25, 0.3) is 0 Å². The fraction of sp³-hybridized carbons (Fsp3) is 0.571. The molecule has 1 aromatic rings. The quantitative estimate of drug-likeness (QED) is 0.809. The predicted molar refractivity (Wildman–Crippen MR) is 76.7 cm³/mol. The minimum absolute atomic E-state index is 0.224. The molecule has 0 aromatic heterocycles. The first-order valence-corrected chi connectivity index (χ1v) is 7.01. The van der Waals surface area contributed by atoms with Crippen LogP contribution in [0.15, 0.2) is 18.2 Å². The Bertz CT molecular complexity index is 424. The lowest BCUT2D eigenvalue weighted by atomic mass is 9.93. The van der Waals surface area contributed by atoms with Gasteiger partial charge in [0.1, 0.15) is 0 Å². The zero-order valence-electron chi connectivity index (χ0n) is 10.8. The van der Waals surface area contributed by atoms with E-state index in [1.54, 1.807) is 7.11 Å². The van der Waals surface area contributed by atoms with Crippen molar-refractivity contribution in [3.05, 3.63) is 33.8 Å². The van der Waals surface area contributed by atoms with E-state index in [-0.39, 0.29) is 5.41 Å². The Morgan fingerprint density at radius 1 is 1.39 bits per heavy atom. The maximum absolute atomic E-state index is 6.11. The van der Waals surface area contributed by atoms with E-state index in [0.717, 1.165) is 19.7 Å². The Morgan fingerprint density at radius 3 is 2.67 bits per heavy atom. The number of hydrogen-bond acceptors (Lipinski definition) is 2. The SMILES string of the molecule is COCCNCC1(c2ccc(Cl)c(Cl)c2)CC1C. The van der Waals surface area contributed by atoms with E-state index in [9.17, 15) is 0 Å². The Kier molecular flexibility index (Phi) is 4.54. The van der Waals surface area contributed by atoms with Crippen LogP contribution in [0.4, 0.5) is 0 Å². The van der Waals surface area contributed by atoms with Crippen LogP contribution in [-0.4, -0.2) is 26.8 Å². The Hall–Kier alpha value is -0.280. The van der Waals surface area contributed by atoms with Gasteiger partial charge in [0.05, 0.1) is 16.7 Å². The minimum Gasteiger partial charge on any atom is -0.383 e. The largest absolute Gasteiger partial charge is 0.383 e. The number of methoxy groups -OCH3 is 1. The molecular formula is C14H19Cl2NO. The van der Waals surface area contributed by atoms with E-state index in [0.29, 0.717) is 16.0 Å². The summed E-state index contributed by atoms with van der Waals surface area (Å²) in [5.74, 6) is 0.685. The molecule has 1 aromatic carbocycles. The summed E-state index contributed by atoms with van der Waals surface area (Å²) < 4.78 is 5.04. The van der Waals surface area contributed by atoms with Crippen LogP contribution in [0.2, 0.25) is 10.0 Å². The molecule has 0 heterocycles. The van der Waals surface area contributed by atoms with Gasteiger partial charge in [-0.25, -0.2) is 0 Å². The molecule has 1 saturated carbocycles. The van der Waals surface area contributed by atoms with Gasteiger partial charge in [-0.15, -0.1) is 0 Å². The number of benzene rings is 1. The molecule has 0 radical (unpaired) electrons. The van der Waals surface area contributed by atoms with Crippen LogP contribution in [0.1, 0.15) is 18.9 Å². The van der Waals surface area contributed by atoms with Gasteiger partial charge in [0.2, 0.25) is 0 Å². The number of ether oxygens (including phenoxy) is 1. The topological polar surface area (TPSA) is 21.3 Å². The van der Waals surface area contributed by atoms with Gasteiger partial charge in [-0.1, -0.05) is 36.2 Å². The van der Waals surface area contributed by atoms with Gasteiger partial charge < -0.3 is 10.1 Å². The molecule has 1 fully saturated rings. The van der Waals surface area contributed by atoms with Gasteiger partial charge in [0.25, 0.3) is 0 Å². The van der Waals surface area contributed by atoms with Crippen molar-refractivity contribution < 1.29 is 4.74 Å². The molecule has 100 valence electrons. The molecule has 2 rings (SSSR count). The van der Waals surface area contributed by atoms with Crippen LogP contribution in [0.3, 0.4) is 0 Å². The lowest BCUT2D eigenvalue weighted by Crippen LogP contribution is -2.30. The molecule has 0 aliphatic heterocycles. The van der Waals surface area contributed by atoms with E-state index in [4.69, 9.17) is 27.9 Å². The molecule has 0 bridgehead atoms. The van der Waals surface area contributed by atoms with E-state index in [1.807, 2.05) is 12.1 Å². The van der Waals surface area contributed by atoms with E-state index >= 15 is 0 Å². The normalized spacial score (nSPS) is 26.3. The molecule has 0 saturated heterocycles. The molecule has 0 amide bonds. The van der Waals surface area contributed by atoms with Gasteiger partial charge in [-0.3, -0.25) is 0 Å². The average molecular weight is 288 g/mol. The summed E-state index contributed by atoms with van der Waals surface area (Å²) in [4.78, 5) is 0. The first kappa shape index (κ1) is 14.1. The van der Waals surface area contributed by atoms with Crippen LogP contribution < -0.4 is 5.32 Å². The van der Waals surface area contributed by atoms with Gasteiger partial charge in [0, 0.05) is 25.6 Å². The standard InChI is InChI=1S/C14H19Cl2NO/c1-10-8-14(10,9-17-5-6-18-2)11-3-4-12(15)13(16)7-11/h3-4,7,10,17H,5-6,8-9H2,1-2H3. The summed E-state index contributed by atoms with van der Waals surface area (Å²) in [5.41, 5.74) is 1.51. The first-order valence-electron chi connectivity index (χ1n) is 6.25. The van der Waals surface area contributed by atoms with E-state index in [2.05, 4.69) is 18.3 Å². The highest BCUT2D eigenvalue weighted by molar-refractivity contribution is 6.42. The Morgan fingerprint density at radius 2 is 2.11 bits per heavy atom. The van der Waals surface area contributed by atoms with Crippen molar-refractivity contribution >= 4 is 23.2 Å². The van der Waals surface area contributed by atoms with Crippen molar-refractivity contribution in [3.8, 4) is 0 Å². The molecule has 2 nitrogen and oxygen atoms in total. The maximum atomic E-state index is 6.11. The summed E-state index contributed by atoms with van der Waals surface area (Å²) in [6, 6.07) is 5.99. The summed E-state index contributed by atoms with van der Waals surface area (Å²) in [6.45, 7) is 4.87. The summed E-state index contributed by atoms with van der Waals surface area (Å²) >= 11 is 12.1. The zero-order valence-corrected chi connectivity index (χ0v) is 12.3. The second-order valence-electron chi connectivity index (χ2n) is 5.06. The third-order valence-electron chi connectivity index (χ3n) is 3.87. The highest BCUT2D eigenvalue weighted by Crippen LogP contribution is 2.54. The smallest absolute Gasteiger partial charge is 0.0595 e. The van der Waals surface area contributed by atoms with E-state index < -0.39 is 0 Å². The van der Waals surface area contributed by atoms with Crippen molar-refractivity contribution in [1.82, 2.24) is 5.32 Å². The molecule has 2 atom stereocenters. The monoisotopic (exact) mass is 287 g/mol. The first-order chi connectivity index (χ1) is 8.60. The van der Waals surface area contributed by atoms with Crippen molar-refractivity contribution in [2.24, 2.45) is 5.92 Å².